The zero-order chi connectivity index (χ0) is 12.7. The van der Waals surface area contributed by atoms with Crippen molar-refractivity contribution in [2.45, 2.75) is 26.8 Å². The van der Waals surface area contributed by atoms with Crippen LogP contribution in [-0.2, 0) is 9.53 Å². The van der Waals surface area contributed by atoms with E-state index in [2.05, 4.69) is 18.7 Å². The van der Waals surface area contributed by atoms with Crippen LogP contribution in [0, 0.1) is 0 Å². The molecule has 0 aliphatic rings. The first-order valence-electron chi connectivity index (χ1n) is 6.20. The van der Waals surface area contributed by atoms with Gasteiger partial charge < -0.3 is 4.74 Å². The third-order valence-electron chi connectivity index (χ3n) is 2.80. The quantitative estimate of drug-likeness (QED) is 0.710. The number of rotatable bonds is 6. The average molecular weight is 235 g/mol. The minimum absolute atomic E-state index is 0.164. The van der Waals surface area contributed by atoms with E-state index < -0.39 is 0 Å². The fourth-order valence-electron chi connectivity index (χ4n) is 1.94. The number of hydrogen-bond acceptors (Lipinski definition) is 3. The second-order valence-corrected chi connectivity index (χ2v) is 3.79. The Balaban J connectivity index is 2.97. The molecule has 0 saturated carbocycles. The molecule has 1 atom stereocenters. The van der Waals surface area contributed by atoms with Crippen molar-refractivity contribution in [3.05, 3.63) is 35.9 Å². The topological polar surface area (TPSA) is 29.5 Å². The van der Waals surface area contributed by atoms with Crippen LogP contribution >= 0.6 is 0 Å². The predicted octanol–water partition coefficient (Wildman–Crippen LogP) is 2.63. The molecule has 0 aliphatic heterocycles. The minimum Gasteiger partial charge on any atom is -0.465 e. The summed E-state index contributed by atoms with van der Waals surface area (Å²) in [6.07, 6.45) is 0. The van der Waals surface area contributed by atoms with E-state index in [1.54, 1.807) is 0 Å². The van der Waals surface area contributed by atoms with Gasteiger partial charge in [-0.25, -0.2) is 4.79 Å². The Morgan fingerprint density at radius 2 is 1.76 bits per heavy atom. The van der Waals surface area contributed by atoms with Gasteiger partial charge >= 0.3 is 5.97 Å². The molecule has 1 aromatic carbocycles. The van der Waals surface area contributed by atoms with Crippen molar-refractivity contribution in [2.24, 2.45) is 0 Å². The van der Waals surface area contributed by atoms with Crippen LogP contribution in [0.15, 0.2) is 30.3 Å². The van der Waals surface area contributed by atoms with E-state index in [0.29, 0.717) is 6.61 Å². The van der Waals surface area contributed by atoms with Crippen molar-refractivity contribution in [3.63, 3.8) is 0 Å². The first kappa shape index (κ1) is 13.7. The lowest BCUT2D eigenvalue weighted by Crippen LogP contribution is -2.35. The Morgan fingerprint density at radius 3 is 2.24 bits per heavy atom. The molecule has 0 spiro atoms. The van der Waals surface area contributed by atoms with Gasteiger partial charge in [0.25, 0.3) is 0 Å². The molecule has 3 nitrogen and oxygen atoms in total. The summed E-state index contributed by atoms with van der Waals surface area (Å²) >= 11 is 0. The molecule has 0 N–H and O–H groups in total. The van der Waals surface area contributed by atoms with Crippen LogP contribution in [0.5, 0.6) is 0 Å². The molecule has 0 aliphatic carbocycles. The molecule has 0 heterocycles. The maximum atomic E-state index is 12.0. The Morgan fingerprint density at radius 1 is 1.18 bits per heavy atom. The standard InChI is InChI=1S/C14H21NO2/c1-4-15(5-2)13(14(16)17-6-3)12-10-8-7-9-11-12/h7-11,13H,4-6H2,1-3H3/t13-/m0/s1. The van der Waals surface area contributed by atoms with Crippen LogP contribution in [0.3, 0.4) is 0 Å². The summed E-state index contributed by atoms with van der Waals surface area (Å²) in [5.41, 5.74) is 0.995. The van der Waals surface area contributed by atoms with E-state index in [1.807, 2.05) is 37.3 Å². The predicted molar refractivity (Wildman–Crippen MR) is 68.7 cm³/mol. The molecule has 0 radical (unpaired) electrons. The Bertz CT molecular complexity index is 333. The summed E-state index contributed by atoms with van der Waals surface area (Å²) in [7, 11) is 0. The molecular formula is C14H21NO2. The third kappa shape index (κ3) is 3.56. The molecule has 3 heteroatoms. The largest absolute Gasteiger partial charge is 0.465 e. The zero-order valence-electron chi connectivity index (χ0n) is 10.8. The zero-order valence-corrected chi connectivity index (χ0v) is 10.8. The van der Waals surface area contributed by atoms with Gasteiger partial charge in [-0.05, 0) is 25.6 Å². The number of esters is 1. The van der Waals surface area contributed by atoms with Crippen molar-refractivity contribution in [1.82, 2.24) is 4.90 Å². The highest BCUT2D eigenvalue weighted by Gasteiger charge is 2.26. The van der Waals surface area contributed by atoms with Crippen LogP contribution in [0.4, 0.5) is 0 Å². The van der Waals surface area contributed by atoms with Crippen molar-refractivity contribution in [1.29, 1.82) is 0 Å². The highest BCUT2D eigenvalue weighted by molar-refractivity contribution is 5.77. The Labute approximate surface area is 103 Å². The van der Waals surface area contributed by atoms with Crippen LogP contribution in [0.2, 0.25) is 0 Å². The fourth-order valence-corrected chi connectivity index (χ4v) is 1.94. The molecule has 1 rings (SSSR count). The molecule has 94 valence electrons. The maximum Gasteiger partial charge on any atom is 0.327 e. The van der Waals surface area contributed by atoms with E-state index in [1.165, 1.54) is 0 Å². The number of ether oxygens (including phenoxy) is 1. The highest BCUT2D eigenvalue weighted by Crippen LogP contribution is 2.21. The number of likely N-dealkylation sites (N-methyl/N-ethyl adjacent to an activating group) is 1. The second-order valence-electron chi connectivity index (χ2n) is 3.79. The Kier molecular flexibility index (Phi) is 5.70. The molecule has 0 amide bonds. The number of hydrogen-bond donors (Lipinski definition) is 0. The summed E-state index contributed by atoms with van der Waals surface area (Å²) in [5.74, 6) is -0.164. The summed E-state index contributed by atoms with van der Waals surface area (Å²) in [6, 6.07) is 9.51. The third-order valence-corrected chi connectivity index (χ3v) is 2.80. The number of carbonyl (C=O) groups excluding carboxylic acids is 1. The lowest BCUT2D eigenvalue weighted by Gasteiger charge is -2.28. The number of nitrogens with zero attached hydrogens (tertiary/aromatic N) is 1. The van der Waals surface area contributed by atoms with E-state index in [-0.39, 0.29) is 12.0 Å². The number of carbonyl (C=O) groups is 1. The highest BCUT2D eigenvalue weighted by atomic mass is 16.5. The summed E-state index contributed by atoms with van der Waals surface area (Å²) in [6.45, 7) is 8.02. The SMILES string of the molecule is CCOC(=O)[C@H](c1ccccc1)N(CC)CC. The van der Waals surface area contributed by atoms with Crippen LogP contribution in [0.1, 0.15) is 32.4 Å². The van der Waals surface area contributed by atoms with Gasteiger partial charge in [-0.15, -0.1) is 0 Å². The molecule has 0 unspecified atom stereocenters. The summed E-state index contributed by atoms with van der Waals surface area (Å²) in [5, 5.41) is 0. The van der Waals surface area contributed by atoms with E-state index >= 15 is 0 Å². The van der Waals surface area contributed by atoms with E-state index in [4.69, 9.17) is 4.74 Å². The fraction of sp³-hybridized carbons (Fsp3) is 0.500. The van der Waals surface area contributed by atoms with E-state index in [9.17, 15) is 4.79 Å². The van der Waals surface area contributed by atoms with Crippen LogP contribution in [-0.4, -0.2) is 30.6 Å². The first-order chi connectivity index (χ1) is 8.24. The van der Waals surface area contributed by atoms with Gasteiger partial charge in [-0.3, -0.25) is 4.90 Å². The molecule has 17 heavy (non-hydrogen) atoms. The Hall–Kier alpha value is -1.35. The van der Waals surface area contributed by atoms with Crippen molar-refractivity contribution < 1.29 is 9.53 Å². The lowest BCUT2D eigenvalue weighted by atomic mass is 10.1. The maximum absolute atomic E-state index is 12.0. The summed E-state index contributed by atoms with van der Waals surface area (Å²) in [4.78, 5) is 14.1. The van der Waals surface area contributed by atoms with Crippen molar-refractivity contribution in [3.8, 4) is 0 Å². The van der Waals surface area contributed by atoms with Gasteiger partial charge in [0.2, 0.25) is 0 Å². The smallest absolute Gasteiger partial charge is 0.327 e. The van der Waals surface area contributed by atoms with Crippen LogP contribution < -0.4 is 0 Å². The molecular weight excluding hydrogens is 214 g/mol. The summed E-state index contributed by atoms with van der Waals surface area (Å²) < 4.78 is 5.16. The molecule has 0 saturated heterocycles. The lowest BCUT2D eigenvalue weighted by molar-refractivity contribution is -0.149. The van der Waals surface area contributed by atoms with Gasteiger partial charge in [0, 0.05) is 0 Å². The monoisotopic (exact) mass is 235 g/mol. The molecule has 0 bridgehead atoms. The van der Waals surface area contributed by atoms with Gasteiger partial charge in [0.15, 0.2) is 0 Å². The molecule has 0 fully saturated rings. The van der Waals surface area contributed by atoms with Gasteiger partial charge in [-0.1, -0.05) is 44.2 Å². The average Bonchev–Trinajstić information content (AvgIpc) is 2.37. The first-order valence-corrected chi connectivity index (χ1v) is 6.20. The van der Waals surface area contributed by atoms with Gasteiger partial charge in [0.1, 0.15) is 6.04 Å². The minimum atomic E-state index is -0.286. The molecule has 0 aromatic heterocycles. The normalized spacial score (nSPS) is 12.5. The van der Waals surface area contributed by atoms with Crippen LogP contribution in [0.25, 0.3) is 0 Å². The molecule has 1 aromatic rings. The van der Waals surface area contributed by atoms with Gasteiger partial charge in [-0.2, -0.15) is 0 Å². The number of benzene rings is 1. The second kappa shape index (κ2) is 7.07. The van der Waals surface area contributed by atoms with Gasteiger partial charge in [0.05, 0.1) is 6.61 Å². The van der Waals surface area contributed by atoms with Crippen molar-refractivity contribution in [2.75, 3.05) is 19.7 Å². The van der Waals surface area contributed by atoms with Crippen molar-refractivity contribution >= 4 is 5.97 Å². The van der Waals surface area contributed by atoms with E-state index in [0.717, 1.165) is 18.7 Å².